The van der Waals surface area contributed by atoms with Gasteiger partial charge in [0.25, 0.3) is 0 Å². The third kappa shape index (κ3) is 3.34. The van der Waals surface area contributed by atoms with Crippen LogP contribution in [0.15, 0.2) is 52.6 Å². The van der Waals surface area contributed by atoms with Crippen molar-refractivity contribution >= 4 is 37.4 Å². The first-order valence-electron chi connectivity index (χ1n) is 7.07. The van der Waals surface area contributed by atoms with E-state index in [4.69, 9.17) is 0 Å². The number of halogens is 1. The van der Waals surface area contributed by atoms with Crippen molar-refractivity contribution in [1.82, 2.24) is 10.3 Å². The summed E-state index contributed by atoms with van der Waals surface area (Å²) in [6, 6.07) is 11.0. The molecule has 1 unspecified atom stereocenters. The van der Waals surface area contributed by atoms with E-state index in [1.165, 1.54) is 21.2 Å². The standard InChI is InChI=1S/C17H17BrN2S/c1-2-20-16(12-7-14(18)10-19-9-12)8-13-11-21-17-6-4-3-5-15(13)17/h3-7,9-11,16,20H,2,8H2,1H3. The van der Waals surface area contributed by atoms with Crippen molar-refractivity contribution in [3.63, 3.8) is 0 Å². The lowest BCUT2D eigenvalue weighted by atomic mass is 10.00. The van der Waals surface area contributed by atoms with Crippen LogP contribution in [0, 0.1) is 0 Å². The van der Waals surface area contributed by atoms with Gasteiger partial charge < -0.3 is 5.32 Å². The van der Waals surface area contributed by atoms with Gasteiger partial charge in [0.1, 0.15) is 0 Å². The van der Waals surface area contributed by atoms with E-state index in [2.05, 4.69) is 68.9 Å². The molecule has 2 aromatic heterocycles. The molecule has 2 nitrogen and oxygen atoms in total. The molecule has 1 aromatic carbocycles. The van der Waals surface area contributed by atoms with Crippen LogP contribution in [-0.2, 0) is 6.42 Å². The predicted octanol–water partition coefficient (Wildman–Crippen LogP) is 4.95. The number of hydrogen-bond acceptors (Lipinski definition) is 3. The van der Waals surface area contributed by atoms with Gasteiger partial charge in [0.05, 0.1) is 0 Å². The molecule has 0 radical (unpaired) electrons. The fourth-order valence-electron chi connectivity index (χ4n) is 2.58. The zero-order chi connectivity index (χ0) is 14.7. The van der Waals surface area contributed by atoms with Gasteiger partial charge in [0.15, 0.2) is 0 Å². The molecule has 0 aliphatic heterocycles. The molecule has 0 bridgehead atoms. The number of fused-ring (bicyclic) bond motifs is 1. The highest BCUT2D eigenvalue weighted by atomic mass is 79.9. The zero-order valence-electron chi connectivity index (χ0n) is 11.8. The number of benzene rings is 1. The lowest BCUT2D eigenvalue weighted by Crippen LogP contribution is -2.23. The van der Waals surface area contributed by atoms with Crippen LogP contribution in [0.1, 0.15) is 24.1 Å². The van der Waals surface area contributed by atoms with Crippen molar-refractivity contribution in [1.29, 1.82) is 0 Å². The largest absolute Gasteiger partial charge is 0.310 e. The summed E-state index contributed by atoms with van der Waals surface area (Å²) >= 11 is 5.33. The van der Waals surface area contributed by atoms with Crippen molar-refractivity contribution in [2.75, 3.05) is 6.54 Å². The Kier molecular flexibility index (Phi) is 4.68. The summed E-state index contributed by atoms with van der Waals surface area (Å²) in [4.78, 5) is 4.29. The molecule has 21 heavy (non-hydrogen) atoms. The normalized spacial score (nSPS) is 12.7. The molecule has 0 aliphatic carbocycles. The number of nitrogens with one attached hydrogen (secondary N) is 1. The molecular formula is C17H17BrN2S. The lowest BCUT2D eigenvalue weighted by Gasteiger charge is -2.18. The first-order valence-corrected chi connectivity index (χ1v) is 8.74. The average Bonchev–Trinajstić information content (AvgIpc) is 2.90. The van der Waals surface area contributed by atoms with Crippen LogP contribution >= 0.6 is 27.3 Å². The Hall–Kier alpha value is -1.23. The van der Waals surface area contributed by atoms with E-state index < -0.39 is 0 Å². The van der Waals surface area contributed by atoms with E-state index in [-0.39, 0.29) is 6.04 Å². The van der Waals surface area contributed by atoms with Gasteiger partial charge in [-0.1, -0.05) is 25.1 Å². The Morgan fingerprint density at radius 3 is 2.95 bits per heavy atom. The van der Waals surface area contributed by atoms with Crippen LogP contribution in [0.3, 0.4) is 0 Å². The second-order valence-corrected chi connectivity index (χ2v) is 6.83. The fourth-order valence-corrected chi connectivity index (χ4v) is 3.94. The SMILES string of the molecule is CCNC(Cc1csc2ccccc12)c1cncc(Br)c1. The van der Waals surface area contributed by atoms with Crippen molar-refractivity contribution in [2.24, 2.45) is 0 Å². The Labute approximate surface area is 137 Å². The highest BCUT2D eigenvalue weighted by Crippen LogP contribution is 2.29. The second kappa shape index (κ2) is 6.69. The van der Waals surface area contributed by atoms with E-state index in [1.807, 2.05) is 23.7 Å². The maximum absolute atomic E-state index is 4.29. The van der Waals surface area contributed by atoms with Gasteiger partial charge in [-0.25, -0.2) is 0 Å². The maximum atomic E-state index is 4.29. The molecule has 108 valence electrons. The van der Waals surface area contributed by atoms with E-state index in [1.54, 1.807) is 0 Å². The third-order valence-corrected chi connectivity index (χ3v) is 5.01. The summed E-state index contributed by atoms with van der Waals surface area (Å²) in [5.41, 5.74) is 2.63. The summed E-state index contributed by atoms with van der Waals surface area (Å²) in [7, 11) is 0. The number of nitrogens with zero attached hydrogens (tertiary/aromatic N) is 1. The van der Waals surface area contributed by atoms with Crippen molar-refractivity contribution < 1.29 is 0 Å². The summed E-state index contributed by atoms with van der Waals surface area (Å²) in [6.07, 6.45) is 4.76. The number of thiophene rings is 1. The van der Waals surface area contributed by atoms with E-state index in [0.29, 0.717) is 0 Å². The molecule has 4 heteroatoms. The monoisotopic (exact) mass is 360 g/mol. The highest BCUT2D eigenvalue weighted by Gasteiger charge is 2.14. The molecule has 0 spiro atoms. The molecule has 0 saturated heterocycles. The van der Waals surface area contributed by atoms with Gasteiger partial charge in [0, 0.05) is 27.6 Å². The molecular weight excluding hydrogens is 344 g/mol. The molecule has 0 amide bonds. The molecule has 0 aliphatic rings. The summed E-state index contributed by atoms with van der Waals surface area (Å²) < 4.78 is 2.38. The Balaban J connectivity index is 1.92. The van der Waals surface area contributed by atoms with Gasteiger partial charge >= 0.3 is 0 Å². The van der Waals surface area contributed by atoms with Gasteiger partial charge in [-0.05, 0) is 62.9 Å². The van der Waals surface area contributed by atoms with Crippen LogP contribution in [0.5, 0.6) is 0 Å². The molecule has 3 rings (SSSR count). The number of aromatic nitrogens is 1. The average molecular weight is 361 g/mol. The van der Waals surface area contributed by atoms with Gasteiger partial charge in [0.2, 0.25) is 0 Å². The molecule has 2 heterocycles. The number of pyridine rings is 1. The smallest absolute Gasteiger partial charge is 0.0410 e. The molecule has 0 saturated carbocycles. The predicted molar refractivity (Wildman–Crippen MR) is 93.9 cm³/mol. The van der Waals surface area contributed by atoms with Crippen LogP contribution < -0.4 is 5.32 Å². The minimum Gasteiger partial charge on any atom is -0.310 e. The van der Waals surface area contributed by atoms with Crippen LogP contribution in [-0.4, -0.2) is 11.5 Å². The molecule has 1 atom stereocenters. The van der Waals surface area contributed by atoms with E-state index >= 15 is 0 Å². The van der Waals surface area contributed by atoms with E-state index in [0.717, 1.165) is 17.4 Å². The Morgan fingerprint density at radius 2 is 2.14 bits per heavy atom. The summed E-state index contributed by atoms with van der Waals surface area (Å²) in [6.45, 7) is 3.09. The number of hydrogen-bond donors (Lipinski definition) is 1. The van der Waals surface area contributed by atoms with Crippen LogP contribution in [0.2, 0.25) is 0 Å². The molecule has 3 aromatic rings. The fraction of sp³-hybridized carbons (Fsp3) is 0.235. The van der Waals surface area contributed by atoms with Gasteiger partial charge in [-0.2, -0.15) is 0 Å². The number of rotatable bonds is 5. The first kappa shape index (κ1) is 14.7. The van der Waals surface area contributed by atoms with Crippen molar-refractivity contribution in [2.45, 2.75) is 19.4 Å². The van der Waals surface area contributed by atoms with E-state index in [9.17, 15) is 0 Å². The Morgan fingerprint density at radius 1 is 1.29 bits per heavy atom. The van der Waals surface area contributed by atoms with Gasteiger partial charge in [-0.3, -0.25) is 4.98 Å². The van der Waals surface area contributed by atoms with Crippen LogP contribution in [0.25, 0.3) is 10.1 Å². The minimum absolute atomic E-state index is 0.290. The topological polar surface area (TPSA) is 24.9 Å². The lowest BCUT2D eigenvalue weighted by molar-refractivity contribution is 0.550. The minimum atomic E-state index is 0.290. The van der Waals surface area contributed by atoms with Crippen LogP contribution in [0.4, 0.5) is 0 Å². The van der Waals surface area contributed by atoms with Gasteiger partial charge in [-0.15, -0.1) is 11.3 Å². The Bertz CT molecular complexity index is 738. The molecule has 1 N–H and O–H groups in total. The highest BCUT2D eigenvalue weighted by molar-refractivity contribution is 9.10. The first-order chi connectivity index (χ1) is 10.3. The summed E-state index contributed by atoms with van der Waals surface area (Å²) in [5, 5.41) is 7.22. The summed E-state index contributed by atoms with van der Waals surface area (Å²) in [5.74, 6) is 0. The third-order valence-electron chi connectivity index (χ3n) is 3.56. The quantitative estimate of drug-likeness (QED) is 0.695. The zero-order valence-corrected chi connectivity index (χ0v) is 14.2. The van der Waals surface area contributed by atoms with Crippen molar-refractivity contribution in [3.05, 3.63) is 63.7 Å². The molecule has 0 fully saturated rings. The second-order valence-electron chi connectivity index (χ2n) is 5.01. The maximum Gasteiger partial charge on any atom is 0.0410 e. The number of likely N-dealkylation sites (N-methyl/N-ethyl adjacent to an activating group) is 1. The van der Waals surface area contributed by atoms with Crippen molar-refractivity contribution in [3.8, 4) is 0 Å².